The van der Waals surface area contributed by atoms with Gasteiger partial charge >= 0.3 is 0 Å². The molecule has 1 fully saturated rings. The van der Waals surface area contributed by atoms with Crippen molar-refractivity contribution >= 4 is 23.1 Å². The van der Waals surface area contributed by atoms with Gasteiger partial charge in [-0.25, -0.2) is 0 Å². The van der Waals surface area contributed by atoms with Crippen LogP contribution in [0.25, 0.3) is 5.76 Å². The molecule has 3 rings (SSSR count). The Kier molecular flexibility index (Phi) is 12.2. The zero-order chi connectivity index (χ0) is 29.8. The van der Waals surface area contributed by atoms with Gasteiger partial charge in [0, 0.05) is 31.6 Å². The average molecular weight is 563 g/mol. The fourth-order valence-corrected chi connectivity index (χ4v) is 4.70. The van der Waals surface area contributed by atoms with Crippen LogP contribution < -0.4 is 10.1 Å². The summed E-state index contributed by atoms with van der Waals surface area (Å²) in [5, 5.41) is 2.86. The molecular weight excluding hydrogens is 516 g/mol. The van der Waals surface area contributed by atoms with Crippen molar-refractivity contribution in [1.29, 1.82) is 0 Å². The van der Waals surface area contributed by atoms with E-state index in [9.17, 15) is 9.59 Å². The molecule has 7 nitrogen and oxygen atoms in total. The van der Waals surface area contributed by atoms with E-state index in [4.69, 9.17) is 14.2 Å². The highest BCUT2D eigenvalue weighted by Gasteiger charge is 2.24. The van der Waals surface area contributed by atoms with Gasteiger partial charge in [0.1, 0.15) is 18.1 Å². The van der Waals surface area contributed by atoms with E-state index < -0.39 is 11.7 Å². The molecule has 0 spiro atoms. The number of nitrogens with one attached hydrogen (secondary N) is 1. The molecule has 1 saturated heterocycles. The van der Waals surface area contributed by atoms with Gasteiger partial charge in [-0.2, -0.15) is 0 Å². The third-order valence-electron chi connectivity index (χ3n) is 7.60. The summed E-state index contributed by atoms with van der Waals surface area (Å²) in [7, 11) is 0. The predicted molar refractivity (Wildman–Crippen MR) is 165 cm³/mol. The van der Waals surface area contributed by atoms with Crippen LogP contribution in [0.15, 0.2) is 55.1 Å². The van der Waals surface area contributed by atoms with Gasteiger partial charge in [0.15, 0.2) is 0 Å². The second-order valence-electron chi connectivity index (χ2n) is 10.9. The molecule has 1 N–H and O–H groups in total. The Hall–Kier alpha value is -3.42. The lowest BCUT2D eigenvalue weighted by atomic mass is 9.81. The second-order valence-corrected chi connectivity index (χ2v) is 10.9. The Morgan fingerprint density at radius 2 is 1.88 bits per heavy atom. The van der Waals surface area contributed by atoms with Crippen molar-refractivity contribution in [2.24, 2.45) is 0 Å². The topological polar surface area (TPSA) is 77.1 Å². The van der Waals surface area contributed by atoms with E-state index in [0.29, 0.717) is 36.8 Å². The smallest absolute Gasteiger partial charge is 0.292 e. The van der Waals surface area contributed by atoms with E-state index in [0.717, 1.165) is 61.5 Å². The highest BCUT2D eigenvalue weighted by atomic mass is 16.5. The number of amides is 1. The monoisotopic (exact) mass is 562 g/mol. The lowest BCUT2D eigenvalue weighted by Crippen LogP contribution is -2.38. The van der Waals surface area contributed by atoms with E-state index in [-0.39, 0.29) is 11.8 Å². The number of aryl methyl sites for hydroxylation is 1. The molecule has 2 aromatic carbocycles. The van der Waals surface area contributed by atoms with Gasteiger partial charge in [0.05, 0.1) is 25.5 Å². The first-order valence-corrected chi connectivity index (χ1v) is 14.6. The van der Waals surface area contributed by atoms with Gasteiger partial charge in [-0.1, -0.05) is 57.2 Å². The lowest BCUT2D eigenvalue weighted by molar-refractivity contribution is -0.134. The number of morpholine rings is 1. The average Bonchev–Trinajstić information content (AvgIpc) is 2.97. The van der Waals surface area contributed by atoms with Crippen molar-refractivity contribution < 1.29 is 23.8 Å². The number of hydrogen-bond donors (Lipinski definition) is 1. The van der Waals surface area contributed by atoms with Gasteiger partial charge in [0.2, 0.25) is 5.78 Å². The maximum absolute atomic E-state index is 13.3. The number of ether oxygens (including phenoxy) is 3. The molecule has 1 heterocycles. The summed E-state index contributed by atoms with van der Waals surface area (Å²) in [5.41, 5.74) is 3.97. The first kappa shape index (κ1) is 32.1. The first-order valence-electron chi connectivity index (χ1n) is 14.6. The number of carbonyl (C=O) groups is 2. The normalized spacial score (nSPS) is 14.4. The number of nitrogens with zero attached hydrogens (tertiary/aromatic N) is 1. The number of hydrogen-bond acceptors (Lipinski definition) is 6. The molecule has 0 saturated carbocycles. The molecule has 0 atom stereocenters. The maximum atomic E-state index is 13.3. The molecule has 1 aliphatic heterocycles. The van der Waals surface area contributed by atoms with Gasteiger partial charge in [-0.3, -0.25) is 14.5 Å². The SMILES string of the molecule is C=CC/C=C(/OCCN1CCOCC1)c1ccccc1CC(=O)C(=O)Nc1cc(C(C)(C)CC)cc(C)c1OCC. The molecule has 222 valence electrons. The summed E-state index contributed by atoms with van der Waals surface area (Å²) in [4.78, 5) is 28.8. The number of anilines is 1. The highest BCUT2D eigenvalue weighted by Crippen LogP contribution is 2.36. The van der Waals surface area contributed by atoms with Gasteiger partial charge < -0.3 is 19.5 Å². The number of Topliss-reactive ketones (excluding diaryl/α,β-unsaturated/α-hetero) is 1. The molecule has 1 amide bonds. The van der Waals surface area contributed by atoms with E-state index in [2.05, 4.69) is 43.6 Å². The van der Waals surface area contributed by atoms with E-state index >= 15 is 0 Å². The van der Waals surface area contributed by atoms with E-state index in [1.165, 1.54) is 0 Å². The van der Waals surface area contributed by atoms with Crippen LogP contribution in [-0.4, -0.2) is 62.7 Å². The van der Waals surface area contributed by atoms with Crippen LogP contribution >= 0.6 is 0 Å². The molecule has 0 radical (unpaired) electrons. The van der Waals surface area contributed by atoms with Crippen LogP contribution in [0.5, 0.6) is 5.75 Å². The molecule has 0 aliphatic carbocycles. The van der Waals surface area contributed by atoms with Crippen LogP contribution in [0.2, 0.25) is 0 Å². The van der Waals surface area contributed by atoms with Crippen molar-refractivity contribution in [3.8, 4) is 5.75 Å². The highest BCUT2D eigenvalue weighted by molar-refractivity contribution is 6.41. The molecule has 0 unspecified atom stereocenters. The van der Waals surface area contributed by atoms with Gasteiger partial charge in [-0.05, 0) is 60.9 Å². The standard InChI is InChI=1S/C34H46N2O5/c1-7-10-15-31(41-21-18-36-16-19-39-20-17-36)28-14-12-11-13-26(28)23-30(37)33(38)35-29-24-27(34(5,6)8-2)22-25(4)32(29)40-9-3/h7,11-15,22,24H,1,8-10,16-21,23H2,2-6H3,(H,35,38)/b31-15+. The zero-order valence-corrected chi connectivity index (χ0v) is 25.4. The second kappa shape index (κ2) is 15.5. The minimum absolute atomic E-state index is 0.0522. The number of carbonyl (C=O) groups excluding carboxylic acids is 2. The lowest BCUT2D eigenvalue weighted by Gasteiger charge is -2.26. The predicted octanol–water partition coefficient (Wildman–Crippen LogP) is 6.10. The fourth-order valence-electron chi connectivity index (χ4n) is 4.70. The van der Waals surface area contributed by atoms with E-state index in [1.54, 1.807) is 6.08 Å². The third-order valence-corrected chi connectivity index (χ3v) is 7.60. The molecule has 1 aliphatic rings. The van der Waals surface area contributed by atoms with Crippen molar-refractivity contribution in [2.75, 3.05) is 51.4 Å². The van der Waals surface area contributed by atoms with Crippen molar-refractivity contribution in [2.45, 2.75) is 59.3 Å². The van der Waals surface area contributed by atoms with Crippen molar-refractivity contribution in [1.82, 2.24) is 4.90 Å². The number of rotatable bonds is 15. The van der Waals surface area contributed by atoms with Crippen LogP contribution in [0, 0.1) is 6.92 Å². The number of ketones is 1. The third kappa shape index (κ3) is 9.03. The maximum Gasteiger partial charge on any atom is 0.292 e. The van der Waals surface area contributed by atoms with Crippen molar-refractivity contribution in [3.63, 3.8) is 0 Å². The quantitative estimate of drug-likeness (QED) is 0.161. The van der Waals surface area contributed by atoms with Crippen LogP contribution in [0.1, 0.15) is 62.8 Å². The fraction of sp³-hybridized carbons (Fsp3) is 0.471. The van der Waals surface area contributed by atoms with Gasteiger partial charge in [-0.15, -0.1) is 6.58 Å². The number of allylic oxidation sites excluding steroid dienone is 2. The number of benzene rings is 2. The molecule has 41 heavy (non-hydrogen) atoms. The minimum Gasteiger partial charge on any atom is -0.492 e. The van der Waals surface area contributed by atoms with Crippen LogP contribution in [-0.2, 0) is 30.9 Å². The zero-order valence-electron chi connectivity index (χ0n) is 25.4. The summed E-state index contributed by atoms with van der Waals surface area (Å²) >= 11 is 0. The van der Waals surface area contributed by atoms with Crippen molar-refractivity contribution in [3.05, 3.63) is 77.4 Å². The minimum atomic E-state index is -0.670. The molecule has 0 bridgehead atoms. The molecular formula is C34H46N2O5. The van der Waals surface area contributed by atoms with E-state index in [1.807, 2.05) is 50.3 Å². The summed E-state index contributed by atoms with van der Waals surface area (Å²) < 4.78 is 17.5. The molecule has 0 aromatic heterocycles. The summed E-state index contributed by atoms with van der Waals surface area (Å²) in [5.74, 6) is 0.0734. The molecule has 7 heteroatoms. The summed E-state index contributed by atoms with van der Waals surface area (Å²) in [6.45, 7) is 19.1. The molecule has 2 aromatic rings. The van der Waals surface area contributed by atoms with Crippen LogP contribution in [0.3, 0.4) is 0 Å². The van der Waals surface area contributed by atoms with Crippen LogP contribution in [0.4, 0.5) is 5.69 Å². The van der Waals surface area contributed by atoms with Gasteiger partial charge in [0.25, 0.3) is 5.91 Å². The Morgan fingerprint density at radius 3 is 2.56 bits per heavy atom. The summed E-state index contributed by atoms with van der Waals surface area (Å²) in [6.07, 6.45) is 5.27. The Morgan fingerprint density at radius 1 is 1.15 bits per heavy atom. The Bertz CT molecular complexity index is 1230. The first-order chi connectivity index (χ1) is 19.7. The Labute approximate surface area is 245 Å². The Balaban J connectivity index is 1.78. The largest absolute Gasteiger partial charge is 0.492 e. The summed E-state index contributed by atoms with van der Waals surface area (Å²) in [6, 6.07) is 11.6.